The standard InChI is InChI=1S/C14H19NO3/c1-18-12-6-3-2-5-11(12)9-15-10-14(13(16)17)7-4-8-14/h2-3,5-6,15H,4,7-10H2,1H3,(H,16,17). The quantitative estimate of drug-likeness (QED) is 0.810. The van der Waals surface area contributed by atoms with Crippen molar-refractivity contribution in [1.82, 2.24) is 5.32 Å². The Labute approximate surface area is 107 Å². The van der Waals surface area contributed by atoms with E-state index in [9.17, 15) is 9.90 Å². The van der Waals surface area contributed by atoms with E-state index in [0.717, 1.165) is 30.6 Å². The van der Waals surface area contributed by atoms with E-state index in [-0.39, 0.29) is 0 Å². The molecule has 1 aromatic rings. The molecule has 0 amide bonds. The zero-order valence-corrected chi connectivity index (χ0v) is 10.6. The number of methoxy groups -OCH3 is 1. The van der Waals surface area contributed by atoms with Crippen molar-refractivity contribution in [3.8, 4) is 5.75 Å². The van der Waals surface area contributed by atoms with E-state index in [1.807, 2.05) is 24.3 Å². The molecule has 1 aliphatic carbocycles. The molecule has 1 aromatic carbocycles. The lowest BCUT2D eigenvalue weighted by molar-refractivity contribution is -0.154. The zero-order valence-electron chi connectivity index (χ0n) is 10.6. The molecule has 0 aliphatic heterocycles. The monoisotopic (exact) mass is 249 g/mol. The minimum atomic E-state index is -0.679. The number of carboxylic acid groups (broad SMARTS) is 1. The molecule has 0 radical (unpaired) electrons. The summed E-state index contributed by atoms with van der Waals surface area (Å²) in [4.78, 5) is 11.2. The van der Waals surface area contributed by atoms with Crippen LogP contribution in [0.3, 0.4) is 0 Å². The molecule has 0 unspecified atom stereocenters. The van der Waals surface area contributed by atoms with E-state index >= 15 is 0 Å². The van der Waals surface area contributed by atoms with E-state index in [4.69, 9.17) is 4.74 Å². The summed E-state index contributed by atoms with van der Waals surface area (Å²) in [5.41, 5.74) is 0.516. The van der Waals surface area contributed by atoms with Gasteiger partial charge in [-0.25, -0.2) is 0 Å². The maximum absolute atomic E-state index is 11.2. The Bertz CT molecular complexity index is 427. The van der Waals surface area contributed by atoms with E-state index in [2.05, 4.69) is 5.32 Å². The molecule has 98 valence electrons. The predicted octanol–water partition coefficient (Wildman–Crippen LogP) is 2.04. The van der Waals surface area contributed by atoms with E-state index in [1.165, 1.54) is 0 Å². The van der Waals surface area contributed by atoms with Gasteiger partial charge < -0.3 is 15.2 Å². The Balaban J connectivity index is 1.90. The van der Waals surface area contributed by atoms with Crippen LogP contribution in [-0.4, -0.2) is 24.7 Å². The van der Waals surface area contributed by atoms with Gasteiger partial charge in [0, 0.05) is 18.7 Å². The van der Waals surface area contributed by atoms with Crippen LogP contribution in [0.5, 0.6) is 5.75 Å². The number of ether oxygens (including phenoxy) is 1. The highest BCUT2D eigenvalue weighted by molar-refractivity contribution is 5.76. The van der Waals surface area contributed by atoms with E-state index in [1.54, 1.807) is 7.11 Å². The summed E-state index contributed by atoms with van der Waals surface area (Å²) in [6.45, 7) is 1.17. The van der Waals surface area contributed by atoms with Crippen molar-refractivity contribution in [3.63, 3.8) is 0 Å². The highest BCUT2D eigenvalue weighted by Crippen LogP contribution is 2.40. The fraction of sp³-hybridized carbons (Fsp3) is 0.500. The number of rotatable bonds is 6. The molecular weight excluding hydrogens is 230 g/mol. The van der Waals surface area contributed by atoms with Crippen LogP contribution >= 0.6 is 0 Å². The maximum atomic E-state index is 11.2. The number of nitrogens with one attached hydrogen (secondary N) is 1. The molecule has 1 saturated carbocycles. The second-order valence-corrected chi connectivity index (χ2v) is 4.85. The van der Waals surface area contributed by atoms with Gasteiger partial charge in [-0.05, 0) is 18.9 Å². The number of para-hydroxylation sites is 1. The molecule has 2 N–H and O–H groups in total. The van der Waals surface area contributed by atoms with Gasteiger partial charge in [0.15, 0.2) is 0 Å². The van der Waals surface area contributed by atoms with Crippen molar-refractivity contribution >= 4 is 5.97 Å². The first kappa shape index (κ1) is 12.9. The normalized spacial score (nSPS) is 16.9. The third-order valence-corrected chi connectivity index (χ3v) is 3.74. The fourth-order valence-electron chi connectivity index (χ4n) is 2.36. The number of aliphatic carboxylic acids is 1. The molecule has 2 rings (SSSR count). The minimum Gasteiger partial charge on any atom is -0.496 e. The summed E-state index contributed by atoms with van der Waals surface area (Å²) in [6.07, 6.45) is 2.57. The SMILES string of the molecule is COc1ccccc1CNCC1(C(=O)O)CCC1. The molecule has 4 nitrogen and oxygen atoms in total. The molecule has 0 heterocycles. The average molecular weight is 249 g/mol. The summed E-state index contributed by atoms with van der Waals surface area (Å²) in [5, 5.41) is 12.5. The summed E-state index contributed by atoms with van der Waals surface area (Å²) >= 11 is 0. The van der Waals surface area contributed by atoms with Crippen LogP contribution in [0.4, 0.5) is 0 Å². The third kappa shape index (κ3) is 2.48. The van der Waals surface area contributed by atoms with Crippen LogP contribution in [0.15, 0.2) is 24.3 Å². The van der Waals surface area contributed by atoms with Crippen molar-refractivity contribution in [2.75, 3.05) is 13.7 Å². The highest BCUT2D eigenvalue weighted by atomic mass is 16.5. The Hall–Kier alpha value is -1.55. The minimum absolute atomic E-state index is 0.528. The number of hydrogen-bond acceptors (Lipinski definition) is 3. The van der Waals surface area contributed by atoms with Crippen molar-refractivity contribution < 1.29 is 14.6 Å². The van der Waals surface area contributed by atoms with Crippen LogP contribution in [0.2, 0.25) is 0 Å². The first-order valence-electron chi connectivity index (χ1n) is 6.24. The first-order chi connectivity index (χ1) is 8.68. The zero-order chi connectivity index (χ0) is 13.0. The Morgan fingerprint density at radius 3 is 2.72 bits per heavy atom. The smallest absolute Gasteiger partial charge is 0.310 e. The molecule has 0 spiro atoms. The van der Waals surface area contributed by atoms with Gasteiger partial charge in [-0.15, -0.1) is 0 Å². The molecular formula is C14H19NO3. The summed E-state index contributed by atoms with van der Waals surface area (Å²) in [6, 6.07) is 7.77. The largest absolute Gasteiger partial charge is 0.496 e. The van der Waals surface area contributed by atoms with E-state index < -0.39 is 11.4 Å². The molecule has 4 heteroatoms. The lowest BCUT2D eigenvalue weighted by Gasteiger charge is -2.37. The van der Waals surface area contributed by atoms with Crippen LogP contribution in [0, 0.1) is 5.41 Å². The van der Waals surface area contributed by atoms with Crippen molar-refractivity contribution in [1.29, 1.82) is 0 Å². The van der Waals surface area contributed by atoms with Gasteiger partial charge in [0.2, 0.25) is 0 Å². The van der Waals surface area contributed by atoms with Gasteiger partial charge in [0.1, 0.15) is 5.75 Å². The van der Waals surface area contributed by atoms with Crippen LogP contribution < -0.4 is 10.1 Å². The highest BCUT2D eigenvalue weighted by Gasteiger charge is 2.43. The second-order valence-electron chi connectivity index (χ2n) is 4.85. The lowest BCUT2D eigenvalue weighted by Crippen LogP contribution is -2.46. The van der Waals surface area contributed by atoms with E-state index in [0.29, 0.717) is 13.1 Å². The number of benzene rings is 1. The lowest BCUT2D eigenvalue weighted by atomic mass is 9.69. The molecule has 0 saturated heterocycles. The molecule has 1 aliphatic rings. The Kier molecular flexibility index (Phi) is 3.87. The van der Waals surface area contributed by atoms with Crippen LogP contribution in [0.25, 0.3) is 0 Å². The maximum Gasteiger partial charge on any atom is 0.310 e. The number of hydrogen-bond donors (Lipinski definition) is 2. The van der Waals surface area contributed by atoms with Crippen molar-refractivity contribution in [3.05, 3.63) is 29.8 Å². The third-order valence-electron chi connectivity index (χ3n) is 3.74. The van der Waals surface area contributed by atoms with Crippen molar-refractivity contribution in [2.24, 2.45) is 5.41 Å². The van der Waals surface area contributed by atoms with Crippen LogP contribution in [0.1, 0.15) is 24.8 Å². The van der Waals surface area contributed by atoms with Gasteiger partial charge in [-0.3, -0.25) is 4.79 Å². The Morgan fingerprint density at radius 1 is 1.44 bits per heavy atom. The molecule has 0 atom stereocenters. The number of carboxylic acids is 1. The van der Waals surface area contributed by atoms with Gasteiger partial charge in [0.25, 0.3) is 0 Å². The van der Waals surface area contributed by atoms with Gasteiger partial charge >= 0.3 is 5.97 Å². The first-order valence-corrected chi connectivity index (χ1v) is 6.24. The predicted molar refractivity (Wildman–Crippen MR) is 68.6 cm³/mol. The average Bonchev–Trinajstić information content (AvgIpc) is 2.32. The second kappa shape index (κ2) is 5.40. The Morgan fingerprint density at radius 2 is 2.17 bits per heavy atom. The summed E-state index contributed by atoms with van der Waals surface area (Å²) < 4.78 is 5.26. The van der Waals surface area contributed by atoms with Gasteiger partial charge in [-0.2, -0.15) is 0 Å². The molecule has 0 bridgehead atoms. The topological polar surface area (TPSA) is 58.6 Å². The molecule has 18 heavy (non-hydrogen) atoms. The number of carbonyl (C=O) groups is 1. The van der Waals surface area contributed by atoms with Crippen LogP contribution in [-0.2, 0) is 11.3 Å². The van der Waals surface area contributed by atoms with Gasteiger partial charge in [0.05, 0.1) is 12.5 Å². The molecule has 0 aromatic heterocycles. The fourth-order valence-corrected chi connectivity index (χ4v) is 2.36. The summed E-state index contributed by atoms with van der Waals surface area (Å²) in [5.74, 6) is 0.157. The van der Waals surface area contributed by atoms with Gasteiger partial charge in [-0.1, -0.05) is 24.6 Å². The summed E-state index contributed by atoms with van der Waals surface area (Å²) in [7, 11) is 1.64. The molecule has 1 fully saturated rings. The van der Waals surface area contributed by atoms with Crippen molar-refractivity contribution in [2.45, 2.75) is 25.8 Å².